The zero-order valence-corrected chi connectivity index (χ0v) is 9.38. The summed E-state index contributed by atoms with van der Waals surface area (Å²) >= 11 is 5.85. The van der Waals surface area contributed by atoms with Crippen LogP contribution in [0.25, 0.3) is 0 Å². The molecule has 1 rings (SSSR count). The van der Waals surface area contributed by atoms with E-state index in [0.717, 1.165) is 5.56 Å². The summed E-state index contributed by atoms with van der Waals surface area (Å²) < 4.78 is 5.16. The molecule has 1 aromatic carbocycles. The Hall–Kier alpha value is -1.28. The Kier molecular flexibility index (Phi) is 4.37. The van der Waals surface area contributed by atoms with Gasteiger partial charge in [-0.15, -0.1) is 6.58 Å². The molecule has 0 aliphatic carbocycles. The molecule has 0 aliphatic heterocycles. The van der Waals surface area contributed by atoms with Gasteiger partial charge in [-0.2, -0.15) is 0 Å². The van der Waals surface area contributed by atoms with Gasteiger partial charge in [0.15, 0.2) is 0 Å². The molecule has 0 heterocycles. The third kappa shape index (κ3) is 3.40. The molecule has 0 radical (unpaired) electrons. The molecule has 1 aromatic rings. The van der Waals surface area contributed by atoms with Crippen molar-refractivity contribution in [3.05, 3.63) is 41.4 Å². The van der Waals surface area contributed by atoms with Crippen molar-refractivity contribution in [3.63, 3.8) is 0 Å². The molecular weight excluding hydrogens is 212 g/mol. The van der Waals surface area contributed by atoms with E-state index in [2.05, 4.69) is 6.58 Å². The van der Waals surface area contributed by atoms with E-state index >= 15 is 0 Å². The second kappa shape index (κ2) is 5.56. The number of rotatable bonds is 4. The van der Waals surface area contributed by atoms with Gasteiger partial charge in [0.05, 0.1) is 0 Å². The fourth-order valence-electron chi connectivity index (χ4n) is 1.16. The molecule has 0 saturated carbocycles. The number of esters is 1. The first-order valence-corrected chi connectivity index (χ1v) is 5.15. The normalized spacial score (nSPS) is 9.73. The lowest BCUT2D eigenvalue weighted by Gasteiger charge is -2.08. The molecule has 0 atom stereocenters. The number of benzene rings is 1. The molecule has 0 bridgehead atoms. The lowest BCUT2D eigenvalue weighted by Crippen LogP contribution is -2.07. The molecule has 0 fully saturated rings. The zero-order valence-electron chi connectivity index (χ0n) is 8.63. The van der Waals surface area contributed by atoms with Gasteiger partial charge in [-0.25, -0.2) is 0 Å². The average Bonchev–Trinajstić information content (AvgIpc) is 2.22. The van der Waals surface area contributed by atoms with E-state index in [0.29, 0.717) is 23.6 Å². The standard InChI is InChI=1S/C12H13ClO2/c1-3-5-9-8-10(13)6-7-11(9)15-12(14)4-2/h3,6-8H,1,4-5H2,2H3. The van der Waals surface area contributed by atoms with Gasteiger partial charge in [-0.1, -0.05) is 24.6 Å². The van der Waals surface area contributed by atoms with Crippen LogP contribution in [0, 0.1) is 0 Å². The van der Waals surface area contributed by atoms with Crippen molar-refractivity contribution in [2.45, 2.75) is 19.8 Å². The smallest absolute Gasteiger partial charge is 0.310 e. The van der Waals surface area contributed by atoms with E-state index in [1.165, 1.54) is 0 Å². The van der Waals surface area contributed by atoms with E-state index in [1.54, 1.807) is 31.2 Å². The fourth-order valence-corrected chi connectivity index (χ4v) is 1.35. The summed E-state index contributed by atoms with van der Waals surface area (Å²) in [5.74, 6) is 0.314. The SMILES string of the molecule is C=CCc1cc(Cl)ccc1OC(=O)CC. The number of halogens is 1. The molecule has 0 N–H and O–H groups in total. The number of hydrogen-bond acceptors (Lipinski definition) is 2. The van der Waals surface area contributed by atoms with Crippen molar-refractivity contribution >= 4 is 17.6 Å². The van der Waals surface area contributed by atoms with Crippen LogP contribution < -0.4 is 4.74 Å². The van der Waals surface area contributed by atoms with E-state index < -0.39 is 0 Å². The van der Waals surface area contributed by atoms with Gasteiger partial charge < -0.3 is 4.74 Å². The van der Waals surface area contributed by atoms with Crippen LogP contribution in [-0.4, -0.2) is 5.97 Å². The largest absolute Gasteiger partial charge is 0.426 e. The van der Waals surface area contributed by atoms with Crippen LogP contribution in [0.1, 0.15) is 18.9 Å². The van der Waals surface area contributed by atoms with Crippen molar-refractivity contribution in [1.29, 1.82) is 0 Å². The van der Waals surface area contributed by atoms with Crippen LogP contribution in [0.5, 0.6) is 5.75 Å². The molecule has 2 nitrogen and oxygen atoms in total. The average molecular weight is 225 g/mol. The predicted molar refractivity (Wildman–Crippen MR) is 61.3 cm³/mol. The number of carbonyl (C=O) groups excluding carboxylic acids is 1. The van der Waals surface area contributed by atoms with Crippen molar-refractivity contribution < 1.29 is 9.53 Å². The van der Waals surface area contributed by atoms with Crippen LogP contribution in [0.3, 0.4) is 0 Å². The molecular formula is C12H13ClO2. The number of ether oxygens (including phenoxy) is 1. The van der Waals surface area contributed by atoms with Gasteiger partial charge in [-0.05, 0) is 24.6 Å². The summed E-state index contributed by atoms with van der Waals surface area (Å²) in [5.41, 5.74) is 0.874. The predicted octanol–water partition coefficient (Wildman–Crippen LogP) is 3.38. The Morgan fingerprint density at radius 3 is 2.93 bits per heavy atom. The number of hydrogen-bond donors (Lipinski definition) is 0. The Bertz CT molecular complexity index is 372. The van der Waals surface area contributed by atoms with Crippen molar-refractivity contribution in [1.82, 2.24) is 0 Å². The maximum absolute atomic E-state index is 11.1. The summed E-state index contributed by atoms with van der Waals surface area (Å²) in [6.45, 7) is 5.40. The van der Waals surface area contributed by atoms with Crippen molar-refractivity contribution in [2.24, 2.45) is 0 Å². The second-order valence-corrected chi connectivity index (χ2v) is 3.51. The zero-order chi connectivity index (χ0) is 11.3. The van der Waals surface area contributed by atoms with Gasteiger partial charge in [0, 0.05) is 17.0 Å². The Morgan fingerprint density at radius 2 is 2.33 bits per heavy atom. The Morgan fingerprint density at radius 1 is 1.60 bits per heavy atom. The van der Waals surface area contributed by atoms with Crippen LogP contribution in [0.2, 0.25) is 5.02 Å². The maximum Gasteiger partial charge on any atom is 0.310 e. The highest BCUT2D eigenvalue weighted by molar-refractivity contribution is 6.30. The van der Waals surface area contributed by atoms with E-state index in [9.17, 15) is 4.79 Å². The molecule has 0 aliphatic rings. The third-order valence-electron chi connectivity index (χ3n) is 1.90. The maximum atomic E-state index is 11.1. The third-order valence-corrected chi connectivity index (χ3v) is 2.13. The van der Waals surface area contributed by atoms with Crippen LogP contribution in [0.4, 0.5) is 0 Å². The highest BCUT2D eigenvalue weighted by Gasteiger charge is 2.07. The molecule has 15 heavy (non-hydrogen) atoms. The topological polar surface area (TPSA) is 26.3 Å². The van der Waals surface area contributed by atoms with Crippen molar-refractivity contribution in [2.75, 3.05) is 0 Å². The molecule has 0 spiro atoms. The molecule has 0 unspecified atom stereocenters. The van der Waals surface area contributed by atoms with Crippen LogP contribution in [0.15, 0.2) is 30.9 Å². The van der Waals surface area contributed by atoms with Gasteiger partial charge in [-0.3, -0.25) is 4.79 Å². The highest BCUT2D eigenvalue weighted by Crippen LogP contribution is 2.24. The molecule has 0 saturated heterocycles. The number of carbonyl (C=O) groups is 1. The first-order chi connectivity index (χ1) is 7.17. The van der Waals surface area contributed by atoms with Gasteiger partial charge in [0.1, 0.15) is 5.75 Å². The minimum Gasteiger partial charge on any atom is -0.426 e. The monoisotopic (exact) mass is 224 g/mol. The molecule has 80 valence electrons. The molecule has 3 heteroatoms. The molecule has 0 aromatic heterocycles. The van der Waals surface area contributed by atoms with Gasteiger partial charge in [0.25, 0.3) is 0 Å². The number of allylic oxidation sites excluding steroid dienone is 1. The summed E-state index contributed by atoms with van der Waals surface area (Å²) in [4.78, 5) is 11.1. The van der Waals surface area contributed by atoms with Gasteiger partial charge >= 0.3 is 5.97 Å². The summed E-state index contributed by atoms with van der Waals surface area (Å²) in [7, 11) is 0. The summed E-state index contributed by atoms with van der Waals surface area (Å²) in [5, 5.41) is 0.628. The van der Waals surface area contributed by atoms with Crippen LogP contribution >= 0.6 is 11.6 Å². The second-order valence-electron chi connectivity index (χ2n) is 3.07. The first-order valence-electron chi connectivity index (χ1n) is 4.77. The summed E-state index contributed by atoms with van der Waals surface area (Å²) in [6, 6.07) is 5.18. The van der Waals surface area contributed by atoms with Crippen LogP contribution in [-0.2, 0) is 11.2 Å². The van der Waals surface area contributed by atoms with Crippen molar-refractivity contribution in [3.8, 4) is 5.75 Å². The van der Waals surface area contributed by atoms with E-state index in [1.807, 2.05) is 0 Å². The Balaban J connectivity index is 2.94. The molecule has 0 amide bonds. The van der Waals surface area contributed by atoms with E-state index in [4.69, 9.17) is 16.3 Å². The lowest BCUT2D eigenvalue weighted by molar-refractivity contribution is -0.134. The van der Waals surface area contributed by atoms with Gasteiger partial charge in [0.2, 0.25) is 0 Å². The lowest BCUT2D eigenvalue weighted by atomic mass is 10.1. The minimum atomic E-state index is -0.248. The fraction of sp³-hybridized carbons (Fsp3) is 0.250. The van der Waals surface area contributed by atoms with E-state index in [-0.39, 0.29) is 5.97 Å². The highest BCUT2D eigenvalue weighted by atomic mass is 35.5. The first kappa shape index (κ1) is 11.8. The Labute approximate surface area is 94.5 Å². The summed E-state index contributed by atoms with van der Waals surface area (Å²) in [6.07, 6.45) is 2.73. The quantitative estimate of drug-likeness (QED) is 0.445. The minimum absolute atomic E-state index is 0.248.